The number of nitrogens with zero attached hydrogens (tertiary/aromatic N) is 2. The molecule has 2 aromatic carbocycles. The zero-order valence-corrected chi connectivity index (χ0v) is 15.3. The monoisotopic (exact) mass is 379 g/mol. The first-order valence-electron chi connectivity index (χ1n) is 7.99. The van der Waals surface area contributed by atoms with Crippen LogP contribution in [0, 0.1) is 13.8 Å². The maximum atomic E-state index is 4.69. The Morgan fingerprint density at radius 3 is 2.75 bits per heavy atom. The van der Waals surface area contributed by atoms with Crippen LogP contribution in [-0.2, 0) is 6.54 Å². The van der Waals surface area contributed by atoms with Crippen molar-refractivity contribution in [3.05, 3.63) is 76.2 Å². The van der Waals surface area contributed by atoms with E-state index in [4.69, 9.17) is 0 Å². The number of pyridine rings is 1. The molecule has 0 radical (unpaired) electrons. The number of aryl methyl sites for hydroxylation is 2. The smallest absolute Gasteiger partial charge is 0.160 e. The highest BCUT2D eigenvalue weighted by Crippen LogP contribution is 2.29. The van der Waals surface area contributed by atoms with Crippen molar-refractivity contribution in [1.82, 2.24) is 9.38 Å². The van der Waals surface area contributed by atoms with Crippen molar-refractivity contribution >= 4 is 38.0 Å². The topological polar surface area (TPSA) is 29.3 Å². The molecule has 2 heterocycles. The average Bonchev–Trinajstić information content (AvgIpc) is 2.90. The van der Waals surface area contributed by atoms with E-state index in [1.165, 1.54) is 22.0 Å². The SMILES string of the molecule is Cc1nc2c(NCc3ccc4ccccc4c3Br)cccn2c1C. The second kappa shape index (κ2) is 5.95. The van der Waals surface area contributed by atoms with Gasteiger partial charge in [0, 0.05) is 22.9 Å². The van der Waals surface area contributed by atoms with E-state index in [0.29, 0.717) is 0 Å². The number of anilines is 1. The van der Waals surface area contributed by atoms with E-state index in [2.05, 4.69) is 92.3 Å². The van der Waals surface area contributed by atoms with Crippen molar-refractivity contribution in [3.63, 3.8) is 0 Å². The van der Waals surface area contributed by atoms with E-state index in [-0.39, 0.29) is 0 Å². The molecule has 0 atom stereocenters. The highest BCUT2D eigenvalue weighted by molar-refractivity contribution is 9.10. The van der Waals surface area contributed by atoms with Gasteiger partial charge in [0.1, 0.15) is 0 Å². The molecule has 4 aromatic rings. The fourth-order valence-electron chi connectivity index (χ4n) is 3.04. The van der Waals surface area contributed by atoms with Crippen LogP contribution < -0.4 is 5.32 Å². The lowest BCUT2D eigenvalue weighted by molar-refractivity contribution is 1.08. The van der Waals surface area contributed by atoms with E-state index in [0.717, 1.165) is 28.0 Å². The van der Waals surface area contributed by atoms with Crippen LogP contribution in [0.5, 0.6) is 0 Å². The maximum absolute atomic E-state index is 4.69. The highest BCUT2D eigenvalue weighted by atomic mass is 79.9. The molecule has 0 saturated carbocycles. The van der Waals surface area contributed by atoms with Gasteiger partial charge in [-0.25, -0.2) is 4.98 Å². The molecule has 0 spiro atoms. The van der Waals surface area contributed by atoms with Crippen LogP contribution in [0.1, 0.15) is 17.0 Å². The minimum absolute atomic E-state index is 0.746. The molecule has 0 saturated heterocycles. The number of aromatic nitrogens is 2. The molecule has 3 nitrogen and oxygen atoms in total. The predicted octanol–water partition coefficient (Wildman–Crippen LogP) is 5.48. The summed E-state index contributed by atoms with van der Waals surface area (Å²) in [5.74, 6) is 0. The number of halogens is 1. The molecule has 2 aromatic heterocycles. The second-order valence-electron chi connectivity index (χ2n) is 6.01. The standard InChI is InChI=1S/C20H18BrN3/c1-13-14(2)24-11-5-8-18(20(24)23-13)22-12-16-10-9-15-6-3-4-7-17(15)19(16)21/h3-11,22H,12H2,1-2H3. The lowest BCUT2D eigenvalue weighted by Crippen LogP contribution is -2.02. The molecule has 0 aliphatic heterocycles. The first-order valence-corrected chi connectivity index (χ1v) is 8.79. The third-order valence-electron chi connectivity index (χ3n) is 4.54. The predicted molar refractivity (Wildman–Crippen MR) is 104 cm³/mol. The summed E-state index contributed by atoms with van der Waals surface area (Å²) < 4.78 is 3.28. The number of hydrogen-bond donors (Lipinski definition) is 1. The quantitative estimate of drug-likeness (QED) is 0.510. The summed E-state index contributed by atoms with van der Waals surface area (Å²) in [6.07, 6.45) is 2.06. The molecule has 4 rings (SSSR count). The Kier molecular flexibility index (Phi) is 3.77. The van der Waals surface area contributed by atoms with Crippen LogP contribution in [0.25, 0.3) is 16.4 Å². The highest BCUT2D eigenvalue weighted by Gasteiger charge is 2.09. The summed E-state index contributed by atoms with van der Waals surface area (Å²) >= 11 is 3.76. The van der Waals surface area contributed by atoms with Crippen LogP contribution in [-0.4, -0.2) is 9.38 Å². The lowest BCUT2D eigenvalue weighted by atomic mass is 10.1. The van der Waals surface area contributed by atoms with Gasteiger partial charge in [-0.1, -0.05) is 36.4 Å². The Bertz CT molecular complexity index is 1050. The fraction of sp³-hybridized carbons (Fsp3) is 0.150. The molecular formula is C20H18BrN3. The number of benzene rings is 2. The summed E-state index contributed by atoms with van der Waals surface area (Å²) in [5.41, 5.74) is 5.51. The molecule has 0 bridgehead atoms. The Hall–Kier alpha value is -2.33. The van der Waals surface area contributed by atoms with Gasteiger partial charge in [0.2, 0.25) is 0 Å². The molecule has 4 heteroatoms. The molecule has 0 unspecified atom stereocenters. The van der Waals surface area contributed by atoms with Crippen molar-refractivity contribution < 1.29 is 0 Å². The van der Waals surface area contributed by atoms with Crippen LogP contribution in [0.3, 0.4) is 0 Å². The molecule has 0 fully saturated rings. The van der Waals surface area contributed by atoms with E-state index < -0.39 is 0 Å². The zero-order chi connectivity index (χ0) is 16.7. The van der Waals surface area contributed by atoms with Gasteiger partial charge >= 0.3 is 0 Å². The van der Waals surface area contributed by atoms with Crippen molar-refractivity contribution in [1.29, 1.82) is 0 Å². The van der Waals surface area contributed by atoms with Crippen LogP contribution in [0.2, 0.25) is 0 Å². The number of rotatable bonds is 3. The minimum Gasteiger partial charge on any atom is -0.378 e. The summed E-state index contributed by atoms with van der Waals surface area (Å²) in [6.45, 7) is 4.89. The number of hydrogen-bond acceptors (Lipinski definition) is 2. The largest absolute Gasteiger partial charge is 0.378 e. The third-order valence-corrected chi connectivity index (χ3v) is 5.47. The molecular weight excluding hydrogens is 362 g/mol. The van der Waals surface area contributed by atoms with E-state index in [9.17, 15) is 0 Å². The molecule has 120 valence electrons. The summed E-state index contributed by atoms with van der Waals surface area (Å²) in [5, 5.41) is 6.02. The van der Waals surface area contributed by atoms with E-state index in [1.54, 1.807) is 0 Å². The molecule has 0 aliphatic carbocycles. The van der Waals surface area contributed by atoms with E-state index in [1.807, 2.05) is 6.92 Å². The first kappa shape index (κ1) is 15.2. The zero-order valence-electron chi connectivity index (χ0n) is 13.7. The van der Waals surface area contributed by atoms with Gasteiger partial charge in [0.05, 0.1) is 11.4 Å². The number of imidazole rings is 1. The van der Waals surface area contributed by atoms with Crippen molar-refractivity contribution in [2.45, 2.75) is 20.4 Å². The summed E-state index contributed by atoms with van der Waals surface area (Å²) in [6, 6.07) is 16.9. The maximum Gasteiger partial charge on any atom is 0.160 e. The Balaban J connectivity index is 1.68. The van der Waals surface area contributed by atoms with Crippen molar-refractivity contribution in [2.75, 3.05) is 5.32 Å². The van der Waals surface area contributed by atoms with Gasteiger partial charge in [-0.3, -0.25) is 0 Å². The fourth-order valence-corrected chi connectivity index (χ4v) is 3.68. The molecule has 0 amide bonds. The van der Waals surface area contributed by atoms with Gasteiger partial charge in [0.25, 0.3) is 0 Å². The third kappa shape index (κ3) is 2.47. The average molecular weight is 380 g/mol. The van der Waals surface area contributed by atoms with Crippen molar-refractivity contribution in [2.24, 2.45) is 0 Å². The van der Waals surface area contributed by atoms with Crippen LogP contribution in [0.15, 0.2) is 59.2 Å². The van der Waals surface area contributed by atoms with Crippen LogP contribution in [0.4, 0.5) is 5.69 Å². The molecule has 24 heavy (non-hydrogen) atoms. The van der Waals surface area contributed by atoms with Gasteiger partial charge in [-0.15, -0.1) is 0 Å². The Morgan fingerprint density at radius 1 is 1.04 bits per heavy atom. The minimum atomic E-state index is 0.746. The number of nitrogens with one attached hydrogen (secondary N) is 1. The molecule has 0 aliphatic rings. The van der Waals surface area contributed by atoms with E-state index >= 15 is 0 Å². The lowest BCUT2D eigenvalue weighted by Gasteiger charge is -2.11. The van der Waals surface area contributed by atoms with Crippen molar-refractivity contribution in [3.8, 4) is 0 Å². The van der Waals surface area contributed by atoms with Gasteiger partial charge in [-0.2, -0.15) is 0 Å². The first-order chi connectivity index (χ1) is 11.6. The Labute approximate surface area is 149 Å². The second-order valence-corrected chi connectivity index (χ2v) is 6.80. The van der Waals surface area contributed by atoms with Crippen LogP contribution >= 0.6 is 15.9 Å². The van der Waals surface area contributed by atoms with Gasteiger partial charge < -0.3 is 9.72 Å². The number of fused-ring (bicyclic) bond motifs is 2. The van der Waals surface area contributed by atoms with Gasteiger partial charge in [0.15, 0.2) is 5.65 Å². The van der Waals surface area contributed by atoms with Gasteiger partial charge in [-0.05, 0) is 58.2 Å². The molecule has 1 N–H and O–H groups in total. The summed E-state index contributed by atoms with van der Waals surface area (Å²) in [4.78, 5) is 4.69. The normalized spacial score (nSPS) is 11.3. The Morgan fingerprint density at radius 2 is 1.88 bits per heavy atom. The summed E-state index contributed by atoms with van der Waals surface area (Å²) in [7, 11) is 0.